The molecule has 0 bridgehead atoms. The Bertz CT molecular complexity index is 439. The van der Waals surface area contributed by atoms with Crippen LogP contribution in [0.1, 0.15) is 37.7 Å². The van der Waals surface area contributed by atoms with Gasteiger partial charge >= 0.3 is 6.03 Å². The molecule has 1 fully saturated rings. The Balaban J connectivity index is 1.74. The Morgan fingerprint density at radius 2 is 1.89 bits per heavy atom. The summed E-state index contributed by atoms with van der Waals surface area (Å²) < 4.78 is 0. The second kappa shape index (κ2) is 7.14. The summed E-state index contributed by atoms with van der Waals surface area (Å²) in [4.78, 5) is 11.6. The molecule has 0 heterocycles. The number of hydrazone groups is 1. The first kappa shape index (κ1) is 13.9. The van der Waals surface area contributed by atoms with Crippen LogP contribution in [-0.4, -0.2) is 18.3 Å². The van der Waals surface area contributed by atoms with Crippen molar-refractivity contribution < 1.29 is 4.79 Å². The summed E-state index contributed by atoms with van der Waals surface area (Å²) in [5.41, 5.74) is 3.37. The molecule has 0 unspecified atom stereocenters. The zero-order valence-electron chi connectivity index (χ0n) is 10.7. The normalized spacial score (nSPS) is 16.5. The maximum Gasteiger partial charge on any atom is 0.335 e. The number of carbonyl (C=O) groups is 1. The SMILES string of the molecule is O=C(NN=Cc1ccc(Cl)cc1)NC1CCCCC1. The van der Waals surface area contributed by atoms with Gasteiger partial charge in [-0.2, -0.15) is 5.10 Å². The Kier molecular flexibility index (Phi) is 5.21. The molecule has 0 spiro atoms. The first-order chi connectivity index (χ1) is 9.24. The van der Waals surface area contributed by atoms with Crippen LogP contribution in [0.5, 0.6) is 0 Å². The van der Waals surface area contributed by atoms with Crippen LogP contribution in [0.25, 0.3) is 0 Å². The lowest BCUT2D eigenvalue weighted by molar-refractivity contribution is 0.233. The molecule has 1 aliphatic rings. The number of urea groups is 1. The van der Waals surface area contributed by atoms with Gasteiger partial charge in [-0.15, -0.1) is 0 Å². The molecule has 102 valence electrons. The summed E-state index contributed by atoms with van der Waals surface area (Å²) in [6.07, 6.45) is 7.38. The lowest BCUT2D eigenvalue weighted by Gasteiger charge is -2.22. The van der Waals surface area contributed by atoms with E-state index in [0.29, 0.717) is 11.1 Å². The Morgan fingerprint density at radius 1 is 1.21 bits per heavy atom. The van der Waals surface area contributed by atoms with Crippen LogP contribution in [-0.2, 0) is 0 Å². The van der Waals surface area contributed by atoms with Crippen LogP contribution in [0, 0.1) is 0 Å². The van der Waals surface area contributed by atoms with Gasteiger partial charge in [-0.05, 0) is 30.5 Å². The summed E-state index contributed by atoms with van der Waals surface area (Å²) in [6.45, 7) is 0. The number of hydrogen-bond acceptors (Lipinski definition) is 2. The van der Waals surface area contributed by atoms with Gasteiger partial charge in [0.15, 0.2) is 0 Å². The van der Waals surface area contributed by atoms with E-state index < -0.39 is 0 Å². The average molecular weight is 280 g/mol. The highest BCUT2D eigenvalue weighted by molar-refractivity contribution is 6.30. The van der Waals surface area contributed by atoms with Crippen LogP contribution >= 0.6 is 11.6 Å². The molecule has 0 radical (unpaired) electrons. The van der Waals surface area contributed by atoms with E-state index in [1.165, 1.54) is 19.3 Å². The number of amides is 2. The lowest BCUT2D eigenvalue weighted by atomic mass is 9.96. The van der Waals surface area contributed by atoms with Gasteiger partial charge in [0.05, 0.1) is 6.21 Å². The van der Waals surface area contributed by atoms with Crippen molar-refractivity contribution in [3.05, 3.63) is 34.9 Å². The second-order valence-electron chi connectivity index (χ2n) is 4.73. The summed E-state index contributed by atoms with van der Waals surface area (Å²) in [5, 5.41) is 7.52. The Morgan fingerprint density at radius 3 is 2.58 bits per heavy atom. The zero-order chi connectivity index (χ0) is 13.5. The molecule has 2 rings (SSSR count). The van der Waals surface area contributed by atoms with Gasteiger partial charge in [-0.25, -0.2) is 10.2 Å². The van der Waals surface area contributed by atoms with Crippen molar-refractivity contribution >= 4 is 23.8 Å². The highest BCUT2D eigenvalue weighted by Gasteiger charge is 2.14. The van der Waals surface area contributed by atoms with Crippen molar-refractivity contribution in [3.63, 3.8) is 0 Å². The number of hydrogen-bond donors (Lipinski definition) is 2. The molecule has 1 aliphatic carbocycles. The van der Waals surface area contributed by atoms with Gasteiger partial charge in [0.2, 0.25) is 0 Å². The molecular formula is C14H18ClN3O. The molecule has 0 atom stereocenters. The predicted molar refractivity (Wildman–Crippen MR) is 77.6 cm³/mol. The smallest absolute Gasteiger partial charge is 0.334 e. The molecule has 1 aromatic rings. The third-order valence-electron chi connectivity index (χ3n) is 3.19. The molecule has 19 heavy (non-hydrogen) atoms. The number of halogens is 1. The standard InChI is InChI=1S/C14H18ClN3O/c15-12-8-6-11(7-9-12)10-16-18-14(19)17-13-4-2-1-3-5-13/h6-10,13H,1-5H2,(H2,17,18,19). The zero-order valence-corrected chi connectivity index (χ0v) is 11.5. The molecule has 1 saturated carbocycles. The monoisotopic (exact) mass is 279 g/mol. The number of nitrogens with one attached hydrogen (secondary N) is 2. The second-order valence-corrected chi connectivity index (χ2v) is 5.17. The van der Waals surface area contributed by atoms with Crippen LogP contribution in [0.2, 0.25) is 5.02 Å². The summed E-state index contributed by atoms with van der Waals surface area (Å²) >= 11 is 5.78. The van der Waals surface area contributed by atoms with Crippen molar-refractivity contribution in [2.45, 2.75) is 38.1 Å². The van der Waals surface area contributed by atoms with E-state index in [1.54, 1.807) is 18.3 Å². The third-order valence-corrected chi connectivity index (χ3v) is 3.44. The van der Waals surface area contributed by atoms with E-state index in [0.717, 1.165) is 18.4 Å². The van der Waals surface area contributed by atoms with Crippen LogP contribution in [0.4, 0.5) is 4.79 Å². The topological polar surface area (TPSA) is 53.5 Å². The minimum absolute atomic E-state index is 0.239. The molecule has 0 aliphatic heterocycles. The summed E-state index contributed by atoms with van der Waals surface area (Å²) in [7, 11) is 0. The molecule has 5 heteroatoms. The van der Waals surface area contributed by atoms with E-state index in [1.807, 2.05) is 12.1 Å². The van der Waals surface area contributed by atoms with Gasteiger partial charge < -0.3 is 5.32 Å². The predicted octanol–water partition coefficient (Wildman–Crippen LogP) is 3.31. The summed E-state index contributed by atoms with van der Waals surface area (Å²) in [6, 6.07) is 7.30. The average Bonchev–Trinajstić information content (AvgIpc) is 2.42. The van der Waals surface area contributed by atoms with Gasteiger partial charge in [-0.1, -0.05) is 43.0 Å². The van der Waals surface area contributed by atoms with Crippen molar-refractivity contribution in [1.29, 1.82) is 0 Å². The number of benzene rings is 1. The van der Waals surface area contributed by atoms with Crippen molar-refractivity contribution in [2.75, 3.05) is 0 Å². The van der Waals surface area contributed by atoms with Crippen LogP contribution in [0.3, 0.4) is 0 Å². The molecule has 0 saturated heterocycles. The van der Waals surface area contributed by atoms with E-state index in [4.69, 9.17) is 11.6 Å². The van der Waals surface area contributed by atoms with Crippen LogP contribution < -0.4 is 10.7 Å². The maximum atomic E-state index is 11.6. The quantitative estimate of drug-likeness (QED) is 0.647. The Labute approximate surface area is 118 Å². The minimum Gasteiger partial charge on any atom is -0.334 e. The number of rotatable bonds is 3. The van der Waals surface area contributed by atoms with E-state index >= 15 is 0 Å². The van der Waals surface area contributed by atoms with Crippen molar-refractivity contribution in [3.8, 4) is 0 Å². The van der Waals surface area contributed by atoms with E-state index in [9.17, 15) is 4.79 Å². The lowest BCUT2D eigenvalue weighted by Crippen LogP contribution is -2.41. The molecule has 0 aromatic heterocycles. The molecule has 2 amide bonds. The fraction of sp³-hybridized carbons (Fsp3) is 0.429. The van der Waals surface area contributed by atoms with Gasteiger partial charge in [0.1, 0.15) is 0 Å². The number of nitrogens with zero attached hydrogens (tertiary/aromatic N) is 1. The Hall–Kier alpha value is -1.55. The number of carbonyl (C=O) groups excluding carboxylic acids is 1. The fourth-order valence-electron chi connectivity index (χ4n) is 2.18. The first-order valence-electron chi connectivity index (χ1n) is 6.59. The highest BCUT2D eigenvalue weighted by Crippen LogP contribution is 2.17. The van der Waals surface area contributed by atoms with Gasteiger partial charge in [0, 0.05) is 11.1 Å². The van der Waals surface area contributed by atoms with Crippen molar-refractivity contribution in [1.82, 2.24) is 10.7 Å². The first-order valence-corrected chi connectivity index (χ1v) is 6.97. The van der Waals surface area contributed by atoms with E-state index in [-0.39, 0.29) is 6.03 Å². The summed E-state index contributed by atoms with van der Waals surface area (Å²) in [5.74, 6) is 0. The van der Waals surface area contributed by atoms with Crippen molar-refractivity contribution in [2.24, 2.45) is 5.10 Å². The minimum atomic E-state index is -0.239. The fourth-order valence-corrected chi connectivity index (χ4v) is 2.30. The van der Waals surface area contributed by atoms with Crippen LogP contribution in [0.15, 0.2) is 29.4 Å². The third kappa shape index (κ3) is 4.91. The largest absolute Gasteiger partial charge is 0.335 e. The molecule has 2 N–H and O–H groups in total. The molecule has 4 nitrogen and oxygen atoms in total. The highest BCUT2D eigenvalue weighted by atomic mass is 35.5. The maximum absolute atomic E-state index is 11.6. The molecular weight excluding hydrogens is 262 g/mol. The van der Waals surface area contributed by atoms with Gasteiger partial charge in [-0.3, -0.25) is 0 Å². The molecule has 1 aromatic carbocycles. The van der Waals surface area contributed by atoms with E-state index in [2.05, 4.69) is 15.8 Å². The van der Waals surface area contributed by atoms with Gasteiger partial charge in [0.25, 0.3) is 0 Å².